The van der Waals surface area contributed by atoms with Crippen molar-refractivity contribution in [1.29, 1.82) is 0 Å². The lowest BCUT2D eigenvalue weighted by molar-refractivity contribution is -0.401. The molecule has 0 saturated heterocycles. The van der Waals surface area contributed by atoms with Crippen LogP contribution in [0.25, 0.3) is 0 Å². The van der Waals surface area contributed by atoms with Gasteiger partial charge in [0.05, 0.1) is 16.8 Å². The van der Waals surface area contributed by atoms with Crippen LogP contribution >= 0.6 is 0 Å². The first kappa shape index (κ1) is 20.1. The summed E-state index contributed by atoms with van der Waals surface area (Å²) in [5.41, 5.74) is 0.829. The minimum atomic E-state index is -0.513. The zero-order valence-corrected chi connectivity index (χ0v) is 16.5. The van der Waals surface area contributed by atoms with Crippen LogP contribution in [-0.2, 0) is 25.7 Å². The van der Waals surface area contributed by atoms with Gasteiger partial charge in [-0.15, -0.1) is 0 Å². The molecule has 0 atom stereocenters. The van der Waals surface area contributed by atoms with Gasteiger partial charge in [0.25, 0.3) is 0 Å². The van der Waals surface area contributed by atoms with Crippen molar-refractivity contribution >= 4 is 0 Å². The maximum Gasteiger partial charge on any atom is 0.123 e. The van der Waals surface area contributed by atoms with E-state index in [1.165, 1.54) is 0 Å². The molecule has 0 aliphatic carbocycles. The van der Waals surface area contributed by atoms with Gasteiger partial charge in [-0.3, -0.25) is 0 Å². The van der Waals surface area contributed by atoms with Crippen LogP contribution in [-0.4, -0.2) is 11.2 Å². The smallest absolute Gasteiger partial charge is 0.123 e. The third-order valence-electron chi connectivity index (χ3n) is 3.34. The topological polar surface area (TPSA) is 27.7 Å². The van der Waals surface area contributed by atoms with Crippen LogP contribution in [0.5, 0.6) is 0 Å². The van der Waals surface area contributed by atoms with E-state index >= 15 is 0 Å². The summed E-state index contributed by atoms with van der Waals surface area (Å²) in [6.07, 6.45) is 0. The molecule has 0 aliphatic rings. The van der Waals surface area contributed by atoms with E-state index in [0.717, 1.165) is 11.1 Å². The number of hydrogen-bond donors (Lipinski definition) is 0. The lowest BCUT2D eigenvalue weighted by Gasteiger charge is -2.35. The third-order valence-corrected chi connectivity index (χ3v) is 3.34. The van der Waals surface area contributed by atoms with Gasteiger partial charge in [-0.1, -0.05) is 24.3 Å². The summed E-state index contributed by atoms with van der Waals surface area (Å²) in [4.78, 5) is 11.1. The molecule has 1 rings (SSSR count). The van der Waals surface area contributed by atoms with E-state index in [0.29, 0.717) is 0 Å². The van der Waals surface area contributed by atoms with Crippen molar-refractivity contribution in [2.24, 2.45) is 0 Å². The molecule has 1 aromatic carbocycles. The monoisotopic (exact) mass is 322 g/mol. The molecule has 0 fully saturated rings. The highest BCUT2D eigenvalue weighted by Crippen LogP contribution is 2.33. The molecule has 0 unspecified atom stereocenters. The number of rotatable bonds is 5. The van der Waals surface area contributed by atoms with Crippen molar-refractivity contribution in [2.75, 3.05) is 0 Å². The van der Waals surface area contributed by atoms with Crippen molar-refractivity contribution in [3.05, 3.63) is 35.4 Å². The average molecular weight is 322 g/mol. The molecule has 0 radical (unpaired) electrons. The van der Waals surface area contributed by atoms with Gasteiger partial charge in [-0.05, 0) is 80.4 Å². The van der Waals surface area contributed by atoms with Gasteiger partial charge < -0.3 is 4.74 Å². The number of hydrogen-bond acceptors (Lipinski definition) is 3. The SMILES string of the molecule is CC(C)(C)OOC(C)(C)c1ccc(C(C)(C)OC(C)(C)C)cc1. The lowest BCUT2D eigenvalue weighted by Crippen LogP contribution is -2.33. The second-order valence-electron chi connectivity index (χ2n) is 9.09. The number of ether oxygens (including phenoxy) is 1. The zero-order valence-electron chi connectivity index (χ0n) is 16.5. The molecule has 0 aliphatic heterocycles. The Hall–Kier alpha value is -0.900. The molecule has 0 bridgehead atoms. The Balaban J connectivity index is 2.91. The van der Waals surface area contributed by atoms with Crippen molar-refractivity contribution in [3.63, 3.8) is 0 Å². The van der Waals surface area contributed by atoms with Gasteiger partial charge in [0, 0.05) is 0 Å². The minimum absolute atomic E-state index is 0.189. The van der Waals surface area contributed by atoms with Crippen LogP contribution in [0, 0.1) is 0 Å². The molecule has 3 nitrogen and oxygen atoms in total. The molecule has 0 N–H and O–H groups in total. The van der Waals surface area contributed by atoms with Gasteiger partial charge >= 0.3 is 0 Å². The van der Waals surface area contributed by atoms with E-state index in [1.54, 1.807) is 0 Å². The molecule has 0 spiro atoms. The highest BCUT2D eigenvalue weighted by atomic mass is 17.2. The molecule has 0 heterocycles. The zero-order chi connectivity index (χ0) is 18.1. The Morgan fingerprint density at radius 2 is 0.913 bits per heavy atom. The fraction of sp³-hybridized carbons (Fsp3) is 0.700. The maximum absolute atomic E-state index is 6.17. The Bertz CT molecular complexity index is 499. The van der Waals surface area contributed by atoms with E-state index in [1.807, 2.05) is 34.6 Å². The summed E-state index contributed by atoms with van der Waals surface area (Å²) in [5, 5.41) is 0. The van der Waals surface area contributed by atoms with Crippen LogP contribution < -0.4 is 0 Å². The van der Waals surface area contributed by atoms with Gasteiger partial charge in [0.2, 0.25) is 0 Å². The van der Waals surface area contributed by atoms with Gasteiger partial charge in [0.1, 0.15) is 5.60 Å². The van der Waals surface area contributed by atoms with E-state index < -0.39 is 5.60 Å². The summed E-state index contributed by atoms with van der Waals surface area (Å²) in [5.74, 6) is 0. The standard InChI is InChI=1S/C20H34O3/c1-17(2,3)21-19(7,8)15-11-13-16(14-12-15)20(9,10)23-22-18(4,5)6/h11-14H,1-10H3. The average Bonchev–Trinajstić information content (AvgIpc) is 2.33. The largest absolute Gasteiger partial charge is 0.365 e. The number of benzene rings is 1. The third kappa shape index (κ3) is 6.62. The second-order valence-corrected chi connectivity index (χ2v) is 9.09. The predicted molar refractivity (Wildman–Crippen MR) is 95.3 cm³/mol. The highest BCUT2D eigenvalue weighted by Gasteiger charge is 2.30. The summed E-state index contributed by atoms with van der Waals surface area (Å²) >= 11 is 0. The quantitative estimate of drug-likeness (QED) is 0.512. The van der Waals surface area contributed by atoms with E-state index in [9.17, 15) is 0 Å². The van der Waals surface area contributed by atoms with Crippen molar-refractivity contribution < 1.29 is 14.5 Å². The molecule has 0 amide bonds. The molecule has 23 heavy (non-hydrogen) atoms. The van der Waals surface area contributed by atoms with Gasteiger partial charge in [-0.25, -0.2) is 9.78 Å². The van der Waals surface area contributed by atoms with Crippen LogP contribution in [0.2, 0.25) is 0 Å². The highest BCUT2D eigenvalue weighted by molar-refractivity contribution is 5.29. The summed E-state index contributed by atoms with van der Waals surface area (Å²) in [7, 11) is 0. The first-order valence-electron chi connectivity index (χ1n) is 8.30. The first-order valence-corrected chi connectivity index (χ1v) is 8.30. The fourth-order valence-corrected chi connectivity index (χ4v) is 2.37. The molecule has 132 valence electrons. The maximum atomic E-state index is 6.17. The molecule has 1 aromatic rings. The Morgan fingerprint density at radius 3 is 1.26 bits per heavy atom. The second kappa shape index (κ2) is 6.54. The van der Waals surface area contributed by atoms with Crippen LogP contribution in [0.1, 0.15) is 80.4 Å². The Morgan fingerprint density at radius 1 is 0.522 bits per heavy atom. The van der Waals surface area contributed by atoms with Gasteiger partial charge in [0.15, 0.2) is 0 Å². The summed E-state index contributed by atoms with van der Waals surface area (Å²) < 4.78 is 6.17. The molecular formula is C20H34O3. The van der Waals surface area contributed by atoms with Crippen molar-refractivity contribution in [3.8, 4) is 0 Å². The minimum Gasteiger partial charge on any atom is -0.365 e. The van der Waals surface area contributed by atoms with Crippen LogP contribution in [0.3, 0.4) is 0 Å². The summed E-state index contributed by atoms with van der Waals surface area (Å²) in [6, 6.07) is 8.36. The normalized spacial score (nSPS) is 14.2. The lowest BCUT2D eigenvalue weighted by atomic mass is 9.92. The van der Waals surface area contributed by atoms with E-state index in [2.05, 4.69) is 58.9 Å². The van der Waals surface area contributed by atoms with E-state index in [4.69, 9.17) is 14.5 Å². The Kier molecular flexibility index (Phi) is 5.73. The first-order chi connectivity index (χ1) is 10.1. The van der Waals surface area contributed by atoms with Crippen LogP contribution in [0.15, 0.2) is 24.3 Å². The van der Waals surface area contributed by atoms with E-state index in [-0.39, 0.29) is 16.8 Å². The summed E-state index contributed by atoms with van der Waals surface area (Å²) in [6.45, 7) is 20.3. The molecule has 0 saturated carbocycles. The molecule has 3 heteroatoms. The van der Waals surface area contributed by atoms with Crippen molar-refractivity contribution in [2.45, 2.75) is 91.6 Å². The Labute approximate surface area is 142 Å². The fourth-order valence-electron chi connectivity index (χ4n) is 2.37. The van der Waals surface area contributed by atoms with Gasteiger partial charge in [-0.2, -0.15) is 0 Å². The molecular weight excluding hydrogens is 288 g/mol. The predicted octanol–water partition coefficient (Wildman–Crippen LogP) is 5.72. The molecule has 0 aromatic heterocycles. The van der Waals surface area contributed by atoms with Crippen molar-refractivity contribution in [1.82, 2.24) is 0 Å². The van der Waals surface area contributed by atoms with Crippen LogP contribution in [0.4, 0.5) is 0 Å².